The predicted octanol–water partition coefficient (Wildman–Crippen LogP) is 2.98. The summed E-state index contributed by atoms with van der Waals surface area (Å²) in [6.07, 6.45) is 6.17. The van der Waals surface area contributed by atoms with Gasteiger partial charge in [-0.15, -0.1) is 0 Å². The van der Waals surface area contributed by atoms with Gasteiger partial charge < -0.3 is 20.3 Å². The molecule has 0 aromatic heterocycles. The van der Waals surface area contributed by atoms with Crippen molar-refractivity contribution < 1.29 is 9.53 Å². The van der Waals surface area contributed by atoms with E-state index in [-0.39, 0.29) is 12.1 Å². The lowest BCUT2D eigenvalue weighted by Gasteiger charge is -2.28. The second-order valence-electron chi connectivity index (χ2n) is 6.06. The Morgan fingerprint density at radius 1 is 1.14 bits per heavy atom. The molecule has 2 N–H and O–H groups in total. The Balaban J connectivity index is 1.46. The molecule has 2 amide bonds. The first kappa shape index (κ1) is 15.2. The number of hydrogen-bond acceptors (Lipinski definition) is 3. The maximum Gasteiger partial charge on any atom is 0.319 e. The van der Waals surface area contributed by atoms with Crippen LogP contribution in [-0.2, 0) is 4.74 Å². The second-order valence-corrected chi connectivity index (χ2v) is 6.06. The van der Waals surface area contributed by atoms with Crippen molar-refractivity contribution in [3.8, 4) is 0 Å². The number of amides is 2. The lowest BCUT2D eigenvalue weighted by atomic mass is 10.1. The molecule has 5 heteroatoms. The van der Waals surface area contributed by atoms with Gasteiger partial charge in [0, 0.05) is 37.6 Å². The van der Waals surface area contributed by atoms with E-state index in [2.05, 4.69) is 27.7 Å². The Labute approximate surface area is 132 Å². The molecule has 2 heterocycles. The van der Waals surface area contributed by atoms with Gasteiger partial charge in [-0.05, 0) is 56.4 Å². The van der Waals surface area contributed by atoms with Crippen LogP contribution in [0.25, 0.3) is 0 Å². The molecule has 0 aliphatic carbocycles. The highest BCUT2D eigenvalue weighted by Crippen LogP contribution is 2.21. The summed E-state index contributed by atoms with van der Waals surface area (Å²) in [7, 11) is 0. The normalized spacial score (nSPS) is 21.6. The molecule has 0 radical (unpaired) electrons. The maximum absolute atomic E-state index is 11.9. The highest BCUT2D eigenvalue weighted by molar-refractivity contribution is 5.89. The number of nitrogens with one attached hydrogen (secondary N) is 2. The van der Waals surface area contributed by atoms with Crippen LogP contribution in [-0.4, -0.2) is 38.4 Å². The summed E-state index contributed by atoms with van der Waals surface area (Å²) >= 11 is 0. The number of ether oxygens (including phenoxy) is 1. The van der Waals surface area contributed by atoms with E-state index in [1.807, 2.05) is 12.1 Å². The number of urea groups is 1. The standard InChI is InChI=1S/C17H25N3O2/c21-17(18-13-16-5-4-12-22-16)19-14-6-8-15(9-7-14)20-10-2-1-3-11-20/h6-9,16H,1-5,10-13H2,(H2,18,19,21). The predicted molar refractivity (Wildman–Crippen MR) is 88.5 cm³/mol. The van der Waals surface area contributed by atoms with Gasteiger partial charge in [0.25, 0.3) is 0 Å². The van der Waals surface area contributed by atoms with Crippen molar-refractivity contribution in [1.82, 2.24) is 5.32 Å². The second kappa shape index (κ2) is 7.49. The molecular formula is C17H25N3O2. The van der Waals surface area contributed by atoms with Crippen LogP contribution in [0.5, 0.6) is 0 Å². The molecule has 3 rings (SSSR count). The molecule has 0 spiro atoms. The Bertz CT molecular complexity index is 477. The minimum atomic E-state index is -0.166. The smallest absolute Gasteiger partial charge is 0.319 e. The minimum absolute atomic E-state index is 0.166. The molecule has 0 bridgehead atoms. The molecule has 22 heavy (non-hydrogen) atoms. The van der Waals surface area contributed by atoms with Gasteiger partial charge in [0.1, 0.15) is 0 Å². The zero-order valence-corrected chi connectivity index (χ0v) is 13.0. The number of rotatable bonds is 4. The van der Waals surface area contributed by atoms with Crippen LogP contribution in [0.1, 0.15) is 32.1 Å². The molecule has 2 fully saturated rings. The first-order valence-corrected chi connectivity index (χ1v) is 8.33. The topological polar surface area (TPSA) is 53.6 Å². The van der Waals surface area contributed by atoms with Gasteiger partial charge in [0.05, 0.1) is 6.10 Å². The Morgan fingerprint density at radius 2 is 1.91 bits per heavy atom. The summed E-state index contributed by atoms with van der Waals surface area (Å²) < 4.78 is 5.49. The van der Waals surface area contributed by atoms with Gasteiger partial charge in [-0.3, -0.25) is 0 Å². The number of carbonyl (C=O) groups is 1. The van der Waals surface area contributed by atoms with Crippen molar-refractivity contribution in [2.75, 3.05) is 36.5 Å². The van der Waals surface area contributed by atoms with Crippen LogP contribution in [0.4, 0.5) is 16.2 Å². The van der Waals surface area contributed by atoms with Gasteiger partial charge in [0.15, 0.2) is 0 Å². The SMILES string of the molecule is O=C(NCC1CCCO1)Nc1ccc(N2CCCCC2)cc1. The number of piperidine rings is 1. The highest BCUT2D eigenvalue weighted by atomic mass is 16.5. The third kappa shape index (κ3) is 4.13. The van der Waals surface area contributed by atoms with Crippen LogP contribution in [0, 0.1) is 0 Å². The Hall–Kier alpha value is -1.75. The lowest BCUT2D eigenvalue weighted by molar-refractivity contribution is 0.112. The van der Waals surface area contributed by atoms with E-state index in [9.17, 15) is 4.79 Å². The molecule has 1 aromatic carbocycles. The Morgan fingerprint density at radius 3 is 2.59 bits per heavy atom. The van der Waals surface area contributed by atoms with Crippen molar-refractivity contribution in [2.24, 2.45) is 0 Å². The maximum atomic E-state index is 11.9. The van der Waals surface area contributed by atoms with Crippen LogP contribution >= 0.6 is 0 Å². The molecule has 5 nitrogen and oxygen atoms in total. The number of nitrogens with zero attached hydrogens (tertiary/aromatic N) is 1. The van der Waals surface area contributed by atoms with Gasteiger partial charge in [-0.2, -0.15) is 0 Å². The fourth-order valence-corrected chi connectivity index (χ4v) is 3.09. The van der Waals surface area contributed by atoms with Crippen molar-refractivity contribution in [3.05, 3.63) is 24.3 Å². The van der Waals surface area contributed by atoms with Crippen LogP contribution in [0.3, 0.4) is 0 Å². The largest absolute Gasteiger partial charge is 0.376 e. The van der Waals surface area contributed by atoms with Crippen molar-refractivity contribution in [2.45, 2.75) is 38.2 Å². The monoisotopic (exact) mass is 303 g/mol. The van der Waals surface area contributed by atoms with Crippen molar-refractivity contribution >= 4 is 17.4 Å². The highest BCUT2D eigenvalue weighted by Gasteiger charge is 2.16. The number of hydrogen-bond donors (Lipinski definition) is 2. The molecule has 0 saturated carbocycles. The molecule has 2 aliphatic heterocycles. The first-order chi connectivity index (χ1) is 10.8. The van der Waals surface area contributed by atoms with E-state index < -0.39 is 0 Å². The molecule has 2 aliphatic rings. The average molecular weight is 303 g/mol. The number of benzene rings is 1. The van der Waals surface area contributed by atoms with Gasteiger partial charge in [0.2, 0.25) is 0 Å². The third-order valence-electron chi connectivity index (χ3n) is 4.36. The fourth-order valence-electron chi connectivity index (χ4n) is 3.09. The molecule has 2 saturated heterocycles. The molecular weight excluding hydrogens is 278 g/mol. The number of carbonyl (C=O) groups excluding carboxylic acids is 1. The van der Waals surface area contributed by atoms with Gasteiger partial charge >= 0.3 is 6.03 Å². The Kier molecular flexibility index (Phi) is 5.16. The van der Waals surface area contributed by atoms with E-state index >= 15 is 0 Å². The molecule has 1 unspecified atom stereocenters. The van der Waals surface area contributed by atoms with E-state index in [4.69, 9.17) is 4.74 Å². The number of anilines is 2. The van der Waals surface area contributed by atoms with Gasteiger partial charge in [-0.25, -0.2) is 4.79 Å². The molecule has 1 aromatic rings. The summed E-state index contributed by atoms with van der Waals surface area (Å²) in [5.74, 6) is 0. The van der Waals surface area contributed by atoms with Crippen molar-refractivity contribution in [1.29, 1.82) is 0 Å². The summed E-state index contributed by atoms with van der Waals surface area (Å²) in [6, 6.07) is 7.94. The minimum Gasteiger partial charge on any atom is -0.376 e. The third-order valence-corrected chi connectivity index (χ3v) is 4.36. The summed E-state index contributed by atoms with van der Waals surface area (Å²) in [4.78, 5) is 14.3. The lowest BCUT2D eigenvalue weighted by Crippen LogP contribution is -2.35. The molecule has 120 valence electrons. The average Bonchev–Trinajstić information content (AvgIpc) is 3.08. The van der Waals surface area contributed by atoms with Gasteiger partial charge in [-0.1, -0.05) is 0 Å². The summed E-state index contributed by atoms with van der Waals surface area (Å²) in [6.45, 7) is 3.66. The first-order valence-electron chi connectivity index (χ1n) is 8.33. The van der Waals surface area contributed by atoms with Crippen LogP contribution < -0.4 is 15.5 Å². The van der Waals surface area contributed by atoms with Crippen molar-refractivity contribution in [3.63, 3.8) is 0 Å². The fraction of sp³-hybridized carbons (Fsp3) is 0.588. The van der Waals surface area contributed by atoms with E-state index in [0.717, 1.165) is 38.2 Å². The van der Waals surface area contributed by atoms with Crippen LogP contribution in [0.2, 0.25) is 0 Å². The van der Waals surface area contributed by atoms with E-state index in [1.165, 1.54) is 24.9 Å². The van der Waals surface area contributed by atoms with E-state index in [1.54, 1.807) is 0 Å². The quantitative estimate of drug-likeness (QED) is 0.899. The zero-order chi connectivity index (χ0) is 15.2. The zero-order valence-electron chi connectivity index (χ0n) is 13.0. The molecule has 1 atom stereocenters. The van der Waals surface area contributed by atoms with E-state index in [0.29, 0.717) is 6.54 Å². The summed E-state index contributed by atoms with van der Waals surface area (Å²) in [5.41, 5.74) is 2.07. The summed E-state index contributed by atoms with van der Waals surface area (Å²) in [5, 5.41) is 5.74. The van der Waals surface area contributed by atoms with Crippen LogP contribution in [0.15, 0.2) is 24.3 Å².